The van der Waals surface area contributed by atoms with Crippen LogP contribution in [-0.2, 0) is 11.2 Å². The van der Waals surface area contributed by atoms with Crippen LogP contribution in [0.2, 0.25) is 0 Å². The number of hydrogen-bond donors (Lipinski definition) is 1. The fourth-order valence-corrected chi connectivity index (χ4v) is 3.10. The van der Waals surface area contributed by atoms with Crippen LogP contribution >= 0.6 is 0 Å². The van der Waals surface area contributed by atoms with Gasteiger partial charge < -0.3 is 19.4 Å². The van der Waals surface area contributed by atoms with Crippen LogP contribution in [-0.4, -0.2) is 41.3 Å². The van der Waals surface area contributed by atoms with E-state index in [1.165, 1.54) is 0 Å². The average molecular weight is 322 g/mol. The number of rotatable bonds is 4. The summed E-state index contributed by atoms with van der Waals surface area (Å²) in [4.78, 5) is 14.2. The molecule has 0 radical (unpaired) electrons. The number of furan rings is 1. The summed E-state index contributed by atoms with van der Waals surface area (Å²) in [5.41, 5.74) is -0.455. The molecule has 1 saturated heterocycles. The van der Waals surface area contributed by atoms with Gasteiger partial charge in [0.2, 0.25) is 0 Å². The highest BCUT2D eigenvalue weighted by Gasteiger charge is 2.34. The van der Waals surface area contributed by atoms with E-state index in [0.717, 1.165) is 31.6 Å². The Morgan fingerprint density at radius 3 is 2.87 bits per heavy atom. The zero-order chi connectivity index (χ0) is 17.0. The summed E-state index contributed by atoms with van der Waals surface area (Å²) in [6, 6.07) is 4.61. The summed E-state index contributed by atoms with van der Waals surface area (Å²) in [6.07, 6.45) is 4.41. The predicted octanol–water partition coefficient (Wildman–Crippen LogP) is 3.59. The minimum Gasteiger partial charge on any atom is -0.469 e. The number of carbonyl (C=O) groups excluding carboxylic acids is 1. The minimum absolute atomic E-state index is 0.123. The fourth-order valence-electron chi connectivity index (χ4n) is 3.10. The van der Waals surface area contributed by atoms with E-state index in [4.69, 9.17) is 9.15 Å². The van der Waals surface area contributed by atoms with Crippen molar-refractivity contribution in [2.45, 2.75) is 77.6 Å². The van der Waals surface area contributed by atoms with Crippen molar-refractivity contribution in [3.63, 3.8) is 0 Å². The first-order valence-electron chi connectivity index (χ1n) is 8.54. The van der Waals surface area contributed by atoms with E-state index in [-0.39, 0.29) is 18.2 Å². The summed E-state index contributed by atoms with van der Waals surface area (Å²) in [5, 5.41) is 3.65. The van der Waals surface area contributed by atoms with Crippen LogP contribution in [0.1, 0.15) is 53.2 Å². The van der Waals surface area contributed by atoms with Crippen LogP contribution in [0.3, 0.4) is 0 Å². The molecule has 0 saturated carbocycles. The Balaban J connectivity index is 1.91. The minimum atomic E-state index is -0.455. The Kier molecular flexibility index (Phi) is 5.74. The Hall–Kier alpha value is -1.49. The molecule has 1 aliphatic heterocycles. The predicted molar refractivity (Wildman–Crippen MR) is 90.4 cm³/mol. The third-order valence-electron chi connectivity index (χ3n) is 4.20. The lowest BCUT2D eigenvalue weighted by atomic mass is 9.96. The number of nitrogens with zero attached hydrogens (tertiary/aromatic N) is 1. The summed E-state index contributed by atoms with van der Waals surface area (Å²) in [6.45, 7) is 10.7. The molecule has 0 aromatic carbocycles. The third-order valence-corrected chi connectivity index (χ3v) is 4.20. The molecule has 3 unspecified atom stereocenters. The number of hydrogen-bond acceptors (Lipinski definition) is 4. The Bertz CT molecular complexity index is 493. The van der Waals surface area contributed by atoms with Crippen LogP contribution < -0.4 is 5.32 Å². The number of nitrogens with one attached hydrogen (secondary N) is 1. The number of carbonyl (C=O) groups is 1. The van der Waals surface area contributed by atoms with Crippen LogP contribution in [0.25, 0.3) is 0 Å². The molecule has 2 rings (SSSR count). The highest BCUT2D eigenvalue weighted by Crippen LogP contribution is 2.21. The molecule has 23 heavy (non-hydrogen) atoms. The van der Waals surface area contributed by atoms with Crippen molar-refractivity contribution < 1.29 is 13.9 Å². The maximum Gasteiger partial charge on any atom is 0.410 e. The second-order valence-electron chi connectivity index (χ2n) is 7.51. The Morgan fingerprint density at radius 2 is 2.26 bits per heavy atom. The first-order chi connectivity index (χ1) is 10.8. The summed E-state index contributed by atoms with van der Waals surface area (Å²) in [5.74, 6) is 0.984. The molecule has 1 aromatic heterocycles. The Labute approximate surface area is 139 Å². The molecular formula is C18H30N2O3. The van der Waals surface area contributed by atoms with E-state index in [9.17, 15) is 4.79 Å². The van der Waals surface area contributed by atoms with Crippen LogP contribution in [0.4, 0.5) is 4.79 Å². The lowest BCUT2D eigenvalue weighted by molar-refractivity contribution is 0.00640. The van der Waals surface area contributed by atoms with E-state index in [0.29, 0.717) is 6.04 Å². The molecule has 0 aliphatic carbocycles. The van der Waals surface area contributed by atoms with Crippen molar-refractivity contribution in [1.82, 2.24) is 10.2 Å². The largest absolute Gasteiger partial charge is 0.469 e. The second-order valence-corrected chi connectivity index (χ2v) is 7.51. The van der Waals surface area contributed by atoms with Gasteiger partial charge in [0.1, 0.15) is 11.4 Å². The maximum atomic E-state index is 12.4. The SMILES string of the molecule is CC(Cc1ccco1)NC1CCCN(C(=O)OC(C)(C)C)C1C. The molecule has 1 aromatic rings. The van der Waals surface area contributed by atoms with Gasteiger partial charge in [0, 0.05) is 31.1 Å². The van der Waals surface area contributed by atoms with E-state index in [2.05, 4.69) is 19.2 Å². The summed E-state index contributed by atoms with van der Waals surface area (Å²) >= 11 is 0. The topological polar surface area (TPSA) is 54.7 Å². The molecule has 1 fully saturated rings. The smallest absolute Gasteiger partial charge is 0.410 e. The van der Waals surface area contributed by atoms with Gasteiger partial charge in [-0.1, -0.05) is 0 Å². The Morgan fingerprint density at radius 1 is 1.52 bits per heavy atom. The van der Waals surface area contributed by atoms with Gasteiger partial charge in [-0.15, -0.1) is 0 Å². The lowest BCUT2D eigenvalue weighted by Gasteiger charge is -2.41. The third kappa shape index (κ3) is 5.27. The van der Waals surface area contributed by atoms with Crippen LogP contribution in [0.15, 0.2) is 22.8 Å². The molecule has 0 bridgehead atoms. The zero-order valence-corrected chi connectivity index (χ0v) is 15.0. The molecule has 1 aliphatic rings. The second kappa shape index (κ2) is 7.39. The lowest BCUT2D eigenvalue weighted by Crippen LogP contribution is -2.57. The summed E-state index contributed by atoms with van der Waals surface area (Å²) in [7, 11) is 0. The van der Waals surface area contributed by atoms with Crippen molar-refractivity contribution in [2.75, 3.05) is 6.54 Å². The number of likely N-dealkylation sites (tertiary alicyclic amines) is 1. The van der Waals surface area contributed by atoms with Gasteiger partial charge in [-0.25, -0.2) is 4.79 Å². The van der Waals surface area contributed by atoms with Gasteiger partial charge in [0.25, 0.3) is 0 Å². The van der Waals surface area contributed by atoms with Crippen molar-refractivity contribution in [3.05, 3.63) is 24.2 Å². The van der Waals surface area contributed by atoms with Gasteiger partial charge in [0.15, 0.2) is 0 Å². The van der Waals surface area contributed by atoms with E-state index >= 15 is 0 Å². The number of ether oxygens (including phenoxy) is 1. The van der Waals surface area contributed by atoms with Gasteiger partial charge in [-0.2, -0.15) is 0 Å². The van der Waals surface area contributed by atoms with E-state index < -0.39 is 5.60 Å². The standard InChI is InChI=1S/C18H30N2O3/c1-13(12-15-8-7-11-22-15)19-16-9-6-10-20(14(16)2)17(21)23-18(3,4)5/h7-8,11,13-14,16,19H,6,9-10,12H2,1-5H3. The normalized spacial score (nSPS) is 23.6. The summed E-state index contributed by atoms with van der Waals surface area (Å²) < 4.78 is 10.9. The van der Waals surface area contributed by atoms with Gasteiger partial charge in [0.05, 0.1) is 6.26 Å². The van der Waals surface area contributed by atoms with E-state index in [1.807, 2.05) is 37.8 Å². The fraction of sp³-hybridized carbons (Fsp3) is 0.722. The quantitative estimate of drug-likeness (QED) is 0.920. The van der Waals surface area contributed by atoms with Crippen molar-refractivity contribution in [1.29, 1.82) is 0 Å². The first-order valence-corrected chi connectivity index (χ1v) is 8.54. The molecule has 0 spiro atoms. The van der Waals surface area contributed by atoms with Crippen LogP contribution in [0.5, 0.6) is 0 Å². The van der Waals surface area contributed by atoms with Gasteiger partial charge in [-0.3, -0.25) is 0 Å². The molecule has 5 heteroatoms. The van der Waals surface area contributed by atoms with Crippen LogP contribution in [0, 0.1) is 0 Å². The molecule has 5 nitrogen and oxygen atoms in total. The molecule has 1 N–H and O–H groups in total. The molecule has 1 amide bonds. The van der Waals surface area contributed by atoms with E-state index in [1.54, 1.807) is 6.26 Å². The maximum absolute atomic E-state index is 12.4. The van der Waals surface area contributed by atoms with Gasteiger partial charge >= 0.3 is 6.09 Å². The highest BCUT2D eigenvalue weighted by molar-refractivity contribution is 5.68. The molecule has 2 heterocycles. The number of piperidine rings is 1. The van der Waals surface area contributed by atoms with Crippen molar-refractivity contribution in [2.24, 2.45) is 0 Å². The van der Waals surface area contributed by atoms with Crippen molar-refractivity contribution >= 4 is 6.09 Å². The van der Waals surface area contributed by atoms with Gasteiger partial charge in [-0.05, 0) is 59.6 Å². The molecular weight excluding hydrogens is 292 g/mol. The van der Waals surface area contributed by atoms with Crippen molar-refractivity contribution in [3.8, 4) is 0 Å². The molecule has 3 atom stereocenters. The average Bonchev–Trinajstić information content (AvgIpc) is 2.91. The number of amides is 1. The monoisotopic (exact) mass is 322 g/mol. The highest BCUT2D eigenvalue weighted by atomic mass is 16.6. The zero-order valence-electron chi connectivity index (χ0n) is 15.0. The first kappa shape index (κ1) is 17.9. The molecule has 130 valence electrons.